The van der Waals surface area contributed by atoms with Crippen molar-refractivity contribution in [1.82, 2.24) is 0 Å². The van der Waals surface area contributed by atoms with Gasteiger partial charge in [0.2, 0.25) is 0 Å². The topological polar surface area (TPSA) is 26.3 Å². The number of carbonyl (C=O) groups is 1. The largest absolute Gasteiger partial charge is 0.456 e. The SMILES string of the molecule is C=C(C)C(=O)OCC(C)[N+](C)(C)Cc1ccccc1. The molecule has 1 aromatic carbocycles. The molecule has 0 fully saturated rings. The highest BCUT2D eigenvalue weighted by atomic mass is 16.5. The molecule has 0 radical (unpaired) electrons. The van der Waals surface area contributed by atoms with Crippen molar-refractivity contribution in [2.45, 2.75) is 26.4 Å². The molecule has 0 saturated heterocycles. The lowest BCUT2D eigenvalue weighted by Crippen LogP contribution is -2.49. The predicted molar refractivity (Wildman–Crippen MR) is 77.5 cm³/mol. The smallest absolute Gasteiger partial charge is 0.333 e. The molecule has 0 amide bonds. The molecule has 104 valence electrons. The third-order valence-corrected chi connectivity index (χ3v) is 3.43. The summed E-state index contributed by atoms with van der Waals surface area (Å²) in [6, 6.07) is 10.6. The molecule has 19 heavy (non-hydrogen) atoms. The monoisotopic (exact) mass is 262 g/mol. The molecule has 1 unspecified atom stereocenters. The Morgan fingerprint density at radius 2 is 1.89 bits per heavy atom. The van der Waals surface area contributed by atoms with Crippen LogP contribution in [0.25, 0.3) is 0 Å². The number of carbonyl (C=O) groups excluding carboxylic acids is 1. The van der Waals surface area contributed by atoms with Crippen LogP contribution >= 0.6 is 0 Å². The highest BCUT2D eigenvalue weighted by molar-refractivity contribution is 5.86. The van der Waals surface area contributed by atoms with E-state index < -0.39 is 0 Å². The molecule has 0 saturated carbocycles. The molecule has 0 heterocycles. The molecule has 0 bridgehead atoms. The quantitative estimate of drug-likeness (QED) is 0.448. The number of hydrogen-bond acceptors (Lipinski definition) is 2. The van der Waals surface area contributed by atoms with Gasteiger partial charge in [-0.1, -0.05) is 36.9 Å². The van der Waals surface area contributed by atoms with E-state index in [-0.39, 0.29) is 12.0 Å². The van der Waals surface area contributed by atoms with Gasteiger partial charge in [-0.15, -0.1) is 0 Å². The maximum absolute atomic E-state index is 11.4. The number of likely N-dealkylation sites (N-methyl/N-ethyl adjacent to an activating group) is 1. The first kappa shape index (κ1) is 15.4. The first-order valence-corrected chi connectivity index (χ1v) is 6.52. The second-order valence-electron chi connectivity index (χ2n) is 5.65. The minimum absolute atomic E-state index is 0.225. The number of hydrogen-bond donors (Lipinski definition) is 0. The molecule has 0 aliphatic carbocycles. The Balaban J connectivity index is 2.56. The van der Waals surface area contributed by atoms with Crippen molar-refractivity contribution in [1.29, 1.82) is 0 Å². The standard InChI is InChI=1S/C16H24NO2/c1-13(2)16(18)19-12-14(3)17(4,5)11-15-9-7-6-8-10-15/h6-10,14H,1,11-12H2,2-5H3/q+1. The fraction of sp³-hybridized carbons (Fsp3) is 0.438. The Morgan fingerprint density at radius 3 is 2.42 bits per heavy atom. The number of rotatable bonds is 6. The third-order valence-electron chi connectivity index (χ3n) is 3.43. The molecule has 0 aliphatic rings. The molecular formula is C16H24NO2+. The van der Waals surface area contributed by atoms with Crippen molar-refractivity contribution in [3.8, 4) is 0 Å². The first-order chi connectivity index (χ1) is 8.83. The Hall–Kier alpha value is -1.61. The second-order valence-corrected chi connectivity index (χ2v) is 5.65. The van der Waals surface area contributed by atoms with Crippen LogP contribution in [-0.2, 0) is 16.1 Å². The van der Waals surface area contributed by atoms with Gasteiger partial charge in [0.15, 0.2) is 0 Å². The van der Waals surface area contributed by atoms with E-state index in [1.165, 1.54) is 5.56 Å². The van der Waals surface area contributed by atoms with E-state index in [4.69, 9.17) is 4.74 Å². The number of esters is 1. The molecule has 0 spiro atoms. The molecular weight excluding hydrogens is 238 g/mol. The molecule has 0 N–H and O–H groups in total. The van der Waals surface area contributed by atoms with Crippen LogP contribution in [0.4, 0.5) is 0 Å². The van der Waals surface area contributed by atoms with Gasteiger partial charge in [0.05, 0.1) is 14.1 Å². The van der Waals surface area contributed by atoms with Crippen molar-refractivity contribution in [3.63, 3.8) is 0 Å². The van der Waals surface area contributed by atoms with Crippen LogP contribution in [0.2, 0.25) is 0 Å². The van der Waals surface area contributed by atoms with E-state index in [1.54, 1.807) is 6.92 Å². The average molecular weight is 262 g/mol. The third kappa shape index (κ3) is 4.87. The fourth-order valence-electron chi connectivity index (χ4n) is 1.73. The molecule has 0 aliphatic heterocycles. The maximum atomic E-state index is 11.4. The molecule has 3 nitrogen and oxygen atoms in total. The lowest BCUT2D eigenvalue weighted by molar-refractivity contribution is -0.926. The summed E-state index contributed by atoms with van der Waals surface area (Å²) >= 11 is 0. The number of benzene rings is 1. The van der Waals surface area contributed by atoms with Gasteiger partial charge in [-0.3, -0.25) is 0 Å². The van der Waals surface area contributed by atoms with Crippen LogP contribution in [0, 0.1) is 0 Å². The Kier molecular flexibility index (Phi) is 5.31. The van der Waals surface area contributed by atoms with Crippen molar-refractivity contribution in [2.75, 3.05) is 20.7 Å². The van der Waals surface area contributed by atoms with Gasteiger partial charge >= 0.3 is 5.97 Å². The average Bonchev–Trinajstić information content (AvgIpc) is 2.35. The summed E-state index contributed by atoms with van der Waals surface area (Å²) in [6.07, 6.45) is 0. The maximum Gasteiger partial charge on any atom is 0.333 e. The summed E-state index contributed by atoms with van der Waals surface area (Å²) in [5.74, 6) is -0.313. The minimum atomic E-state index is -0.313. The lowest BCUT2D eigenvalue weighted by Gasteiger charge is -2.35. The van der Waals surface area contributed by atoms with Crippen LogP contribution in [0.15, 0.2) is 42.5 Å². The van der Waals surface area contributed by atoms with Crippen molar-refractivity contribution in [3.05, 3.63) is 48.0 Å². The zero-order valence-corrected chi connectivity index (χ0v) is 12.3. The van der Waals surface area contributed by atoms with E-state index in [1.807, 2.05) is 18.2 Å². The lowest BCUT2D eigenvalue weighted by atomic mass is 10.1. The van der Waals surface area contributed by atoms with E-state index in [9.17, 15) is 4.79 Å². The van der Waals surface area contributed by atoms with E-state index in [2.05, 4.69) is 39.7 Å². The fourth-order valence-corrected chi connectivity index (χ4v) is 1.73. The zero-order chi connectivity index (χ0) is 14.5. The van der Waals surface area contributed by atoms with E-state index >= 15 is 0 Å². The highest BCUT2D eigenvalue weighted by Gasteiger charge is 2.25. The Morgan fingerprint density at radius 1 is 1.32 bits per heavy atom. The first-order valence-electron chi connectivity index (χ1n) is 6.52. The molecule has 1 aromatic rings. The number of nitrogens with zero attached hydrogens (tertiary/aromatic N) is 1. The van der Waals surface area contributed by atoms with Gasteiger partial charge in [0, 0.05) is 11.1 Å². The predicted octanol–water partition coefficient (Wildman–Crippen LogP) is 2.77. The number of ether oxygens (including phenoxy) is 1. The summed E-state index contributed by atoms with van der Waals surface area (Å²) in [6.45, 7) is 8.66. The molecule has 1 atom stereocenters. The van der Waals surface area contributed by atoms with Crippen molar-refractivity contribution >= 4 is 5.97 Å². The van der Waals surface area contributed by atoms with Gasteiger partial charge in [0.25, 0.3) is 0 Å². The van der Waals surface area contributed by atoms with E-state index in [0.29, 0.717) is 12.2 Å². The summed E-state index contributed by atoms with van der Waals surface area (Å²) in [4.78, 5) is 11.4. The molecule has 1 rings (SSSR count). The summed E-state index contributed by atoms with van der Waals surface area (Å²) in [5.41, 5.74) is 1.73. The highest BCUT2D eigenvalue weighted by Crippen LogP contribution is 2.14. The van der Waals surface area contributed by atoms with Crippen LogP contribution in [0.1, 0.15) is 19.4 Å². The minimum Gasteiger partial charge on any atom is -0.456 e. The van der Waals surface area contributed by atoms with Crippen LogP contribution < -0.4 is 0 Å². The van der Waals surface area contributed by atoms with Crippen molar-refractivity contribution in [2.24, 2.45) is 0 Å². The van der Waals surface area contributed by atoms with Crippen molar-refractivity contribution < 1.29 is 14.0 Å². The van der Waals surface area contributed by atoms with Crippen LogP contribution in [0.3, 0.4) is 0 Å². The molecule has 3 heteroatoms. The van der Waals surface area contributed by atoms with Crippen LogP contribution in [-0.4, -0.2) is 37.2 Å². The zero-order valence-electron chi connectivity index (χ0n) is 12.3. The number of quaternary nitrogens is 1. The van der Waals surface area contributed by atoms with Gasteiger partial charge in [-0.25, -0.2) is 4.79 Å². The van der Waals surface area contributed by atoms with E-state index in [0.717, 1.165) is 11.0 Å². The van der Waals surface area contributed by atoms with Gasteiger partial charge in [-0.2, -0.15) is 0 Å². The van der Waals surface area contributed by atoms with Gasteiger partial charge in [0.1, 0.15) is 19.2 Å². The summed E-state index contributed by atoms with van der Waals surface area (Å²) in [7, 11) is 4.29. The van der Waals surface area contributed by atoms with Gasteiger partial charge in [-0.05, 0) is 13.8 Å². The normalized spacial score (nSPS) is 12.8. The molecule has 0 aromatic heterocycles. The second kappa shape index (κ2) is 6.53. The Labute approximate surface area is 116 Å². The summed E-state index contributed by atoms with van der Waals surface area (Å²) < 4.78 is 6.01. The summed E-state index contributed by atoms with van der Waals surface area (Å²) in [5, 5.41) is 0. The van der Waals surface area contributed by atoms with Gasteiger partial charge < -0.3 is 9.22 Å². The Bertz CT molecular complexity index is 437. The van der Waals surface area contributed by atoms with Crippen LogP contribution in [0.5, 0.6) is 0 Å².